The number of rotatable bonds is 9. The number of benzene rings is 2. The number of imidazole rings is 2. The SMILES string of the molecule is Cn1cncc1CC1(Cc2cncn2C)NC(=CC(=O)c2ccc(C#N)cc2)N(C2C3CN(S(=O)(=O)c4ccccc4)CC32)C1=O. The molecule has 7 rings (SSSR count). The van der Waals surface area contributed by atoms with Crippen molar-refractivity contribution in [2.24, 2.45) is 25.9 Å². The van der Waals surface area contributed by atoms with E-state index in [9.17, 15) is 23.3 Å². The lowest BCUT2D eigenvalue weighted by atomic mass is 9.88. The number of aromatic nitrogens is 4. The number of aryl methyl sites for hydroxylation is 2. The van der Waals surface area contributed by atoms with Crippen molar-refractivity contribution in [1.29, 1.82) is 5.26 Å². The van der Waals surface area contributed by atoms with E-state index in [4.69, 9.17) is 0 Å². The first-order valence-corrected chi connectivity index (χ1v) is 16.4. The molecule has 1 saturated carbocycles. The highest BCUT2D eigenvalue weighted by Crippen LogP contribution is 2.53. The van der Waals surface area contributed by atoms with Crippen molar-refractivity contribution in [2.45, 2.75) is 29.3 Å². The lowest BCUT2D eigenvalue weighted by Crippen LogP contribution is -2.51. The first-order valence-electron chi connectivity index (χ1n) is 14.9. The third kappa shape index (κ3) is 4.99. The van der Waals surface area contributed by atoms with Gasteiger partial charge in [-0.05, 0) is 36.4 Å². The molecule has 4 heterocycles. The van der Waals surface area contributed by atoms with E-state index >= 15 is 0 Å². The van der Waals surface area contributed by atoms with Crippen LogP contribution in [-0.4, -0.2) is 73.1 Å². The number of carbonyl (C=O) groups is 2. The molecule has 1 amide bonds. The first-order chi connectivity index (χ1) is 22.1. The molecule has 3 fully saturated rings. The molecule has 3 aliphatic rings. The van der Waals surface area contributed by atoms with E-state index in [0.717, 1.165) is 11.4 Å². The number of nitrogens with one attached hydrogen (secondary N) is 1. The molecule has 234 valence electrons. The number of fused-ring (bicyclic) bond motifs is 1. The second-order valence-electron chi connectivity index (χ2n) is 12.3. The predicted molar refractivity (Wildman–Crippen MR) is 166 cm³/mol. The summed E-state index contributed by atoms with van der Waals surface area (Å²) < 4.78 is 32.0. The standard InChI is InChI=1S/C33H32N8O4S/c1-38-20-35-16-24(38)13-33(14-25-17-36-21-39(25)2)32(43)41(30(37-33)12-29(42)23-10-8-22(15-34)9-11-23)31-27-18-40(19-28(27)31)46(44,45)26-6-4-3-5-7-26/h3-12,16-17,20-21,27-28,31,37H,13-14,18-19H2,1-2H3. The van der Waals surface area contributed by atoms with Gasteiger partial charge in [0.25, 0.3) is 5.91 Å². The number of hydrogen-bond donors (Lipinski definition) is 1. The zero-order chi connectivity index (χ0) is 32.2. The number of sulfonamides is 1. The van der Waals surface area contributed by atoms with Crippen LogP contribution in [0.1, 0.15) is 27.3 Å². The molecule has 0 bridgehead atoms. The second kappa shape index (κ2) is 11.1. The maximum atomic E-state index is 14.8. The molecule has 46 heavy (non-hydrogen) atoms. The minimum atomic E-state index is -3.67. The van der Waals surface area contributed by atoms with Crippen LogP contribution in [0.5, 0.6) is 0 Å². The summed E-state index contributed by atoms with van der Waals surface area (Å²) in [6, 6.07) is 16.5. The van der Waals surface area contributed by atoms with E-state index in [-0.39, 0.29) is 47.6 Å². The summed E-state index contributed by atoms with van der Waals surface area (Å²) in [5.74, 6) is -0.296. The molecule has 1 N–H and O–H groups in total. The van der Waals surface area contributed by atoms with Crippen molar-refractivity contribution >= 4 is 21.7 Å². The van der Waals surface area contributed by atoms with E-state index in [2.05, 4.69) is 21.4 Å². The van der Waals surface area contributed by atoms with Crippen LogP contribution in [-0.2, 0) is 41.8 Å². The molecule has 2 aromatic carbocycles. The van der Waals surface area contributed by atoms with Gasteiger partial charge in [-0.15, -0.1) is 0 Å². The topological polar surface area (TPSA) is 146 Å². The molecular weight excluding hydrogens is 604 g/mol. The lowest BCUT2D eigenvalue weighted by Gasteiger charge is -2.28. The number of ketones is 1. The molecular formula is C33H32N8O4S. The monoisotopic (exact) mass is 636 g/mol. The van der Waals surface area contributed by atoms with Gasteiger partial charge in [0.2, 0.25) is 10.0 Å². The average Bonchev–Trinajstić information content (AvgIpc) is 3.52. The normalized spacial score (nSPS) is 22.9. The van der Waals surface area contributed by atoms with Gasteiger partial charge in [-0.2, -0.15) is 9.57 Å². The van der Waals surface area contributed by atoms with Crippen molar-refractivity contribution in [3.8, 4) is 6.07 Å². The number of nitriles is 1. The van der Waals surface area contributed by atoms with E-state index in [0.29, 0.717) is 29.8 Å². The van der Waals surface area contributed by atoms with E-state index in [1.54, 1.807) is 84.5 Å². The van der Waals surface area contributed by atoms with Crippen molar-refractivity contribution in [1.82, 2.24) is 33.6 Å². The lowest BCUT2D eigenvalue weighted by molar-refractivity contribution is -0.132. The summed E-state index contributed by atoms with van der Waals surface area (Å²) in [6.45, 7) is 0.563. The highest BCUT2D eigenvalue weighted by Gasteiger charge is 2.65. The maximum Gasteiger partial charge on any atom is 0.254 e. The zero-order valence-electron chi connectivity index (χ0n) is 25.3. The Morgan fingerprint density at radius 2 is 1.57 bits per heavy atom. The highest BCUT2D eigenvalue weighted by molar-refractivity contribution is 7.89. The molecule has 12 nitrogen and oxygen atoms in total. The van der Waals surface area contributed by atoms with E-state index in [1.807, 2.05) is 23.2 Å². The van der Waals surface area contributed by atoms with Gasteiger partial charge in [-0.1, -0.05) is 18.2 Å². The van der Waals surface area contributed by atoms with Crippen molar-refractivity contribution < 1.29 is 18.0 Å². The molecule has 2 unspecified atom stereocenters. The fourth-order valence-corrected chi connectivity index (χ4v) is 8.36. The minimum absolute atomic E-state index is 0.0816. The van der Waals surface area contributed by atoms with Gasteiger partial charge in [-0.3, -0.25) is 14.5 Å². The molecule has 0 spiro atoms. The summed E-state index contributed by atoms with van der Waals surface area (Å²) in [7, 11) is 0.0674. The Bertz CT molecular complexity index is 1950. The highest BCUT2D eigenvalue weighted by atomic mass is 32.2. The van der Waals surface area contributed by atoms with Crippen molar-refractivity contribution in [3.63, 3.8) is 0 Å². The fourth-order valence-electron chi connectivity index (χ4n) is 6.82. The summed E-state index contributed by atoms with van der Waals surface area (Å²) in [5.41, 5.74) is 1.32. The molecule has 2 atom stereocenters. The Morgan fingerprint density at radius 3 is 2.09 bits per heavy atom. The van der Waals surface area contributed by atoms with Crippen LogP contribution in [0.2, 0.25) is 0 Å². The Balaban J connectivity index is 1.25. The van der Waals surface area contributed by atoms with Gasteiger partial charge in [0.05, 0.1) is 29.2 Å². The number of piperidine rings is 1. The molecule has 13 heteroatoms. The van der Waals surface area contributed by atoms with Crippen LogP contribution in [0.4, 0.5) is 0 Å². The van der Waals surface area contributed by atoms with E-state index < -0.39 is 15.6 Å². The van der Waals surface area contributed by atoms with Gasteiger partial charge < -0.3 is 14.5 Å². The molecule has 2 aliphatic heterocycles. The number of hydrogen-bond acceptors (Lipinski definition) is 8. The van der Waals surface area contributed by atoms with Gasteiger partial charge in [0.1, 0.15) is 11.4 Å². The van der Waals surface area contributed by atoms with Crippen LogP contribution in [0.3, 0.4) is 0 Å². The molecule has 2 aromatic heterocycles. The number of amides is 1. The van der Waals surface area contributed by atoms with Crippen molar-refractivity contribution in [2.75, 3.05) is 13.1 Å². The Kier molecular flexibility index (Phi) is 7.14. The smallest absolute Gasteiger partial charge is 0.254 e. The van der Waals surface area contributed by atoms with Crippen LogP contribution >= 0.6 is 0 Å². The molecule has 1 aliphatic carbocycles. The Labute approximate surface area is 266 Å². The number of carbonyl (C=O) groups excluding carboxylic acids is 2. The Morgan fingerprint density at radius 1 is 0.978 bits per heavy atom. The van der Waals surface area contributed by atoms with Crippen LogP contribution in [0, 0.1) is 23.2 Å². The molecule has 0 radical (unpaired) electrons. The number of allylic oxidation sites excluding steroid dienone is 1. The van der Waals surface area contributed by atoms with Crippen molar-refractivity contribution in [3.05, 3.63) is 114 Å². The Hall–Kier alpha value is -5.06. The molecule has 4 aromatic rings. The summed E-state index contributed by atoms with van der Waals surface area (Å²) >= 11 is 0. The summed E-state index contributed by atoms with van der Waals surface area (Å²) in [4.78, 5) is 38.9. The maximum absolute atomic E-state index is 14.8. The second-order valence-corrected chi connectivity index (χ2v) is 14.2. The first kappa shape index (κ1) is 29.6. The fraction of sp³-hybridized carbons (Fsp3) is 0.303. The minimum Gasteiger partial charge on any atom is -0.356 e. The summed E-state index contributed by atoms with van der Waals surface area (Å²) in [5, 5.41) is 12.7. The number of nitrogens with zero attached hydrogens (tertiary/aromatic N) is 7. The van der Waals surface area contributed by atoms with Gasteiger partial charge in [0, 0.05) is 93.3 Å². The van der Waals surface area contributed by atoms with E-state index in [1.165, 1.54) is 10.4 Å². The quantitative estimate of drug-likeness (QED) is 0.217. The third-order valence-corrected chi connectivity index (χ3v) is 11.3. The van der Waals surface area contributed by atoms with Crippen LogP contribution in [0.25, 0.3) is 0 Å². The van der Waals surface area contributed by atoms with Crippen LogP contribution in [0.15, 0.2) is 96.4 Å². The predicted octanol–water partition coefficient (Wildman–Crippen LogP) is 2.02. The zero-order valence-corrected chi connectivity index (χ0v) is 26.1. The summed E-state index contributed by atoms with van der Waals surface area (Å²) in [6.07, 6.45) is 8.86. The largest absolute Gasteiger partial charge is 0.356 e. The van der Waals surface area contributed by atoms with Gasteiger partial charge in [0.15, 0.2) is 5.78 Å². The average molecular weight is 637 g/mol. The third-order valence-electron chi connectivity index (χ3n) is 9.41. The van der Waals surface area contributed by atoms with Gasteiger partial charge in [-0.25, -0.2) is 18.4 Å². The van der Waals surface area contributed by atoms with Crippen LogP contribution < -0.4 is 5.32 Å². The van der Waals surface area contributed by atoms with Gasteiger partial charge >= 0.3 is 0 Å². The molecule has 2 saturated heterocycles.